The van der Waals surface area contributed by atoms with Gasteiger partial charge < -0.3 is 4.74 Å². The van der Waals surface area contributed by atoms with Crippen molar-refractivity contribution in [3.05, 3.63) is 11.6 Å². The highest BCUT2D eigenvalue weighted by Gasteiger charge is 2.44. The average molecular weight is 379 g/mol. The van der Waals surface area contributed by atoms with Crippen molar-refractivity contribution in [3.63, 3.8) is 0 Å². The maximum atomic E-state index is 13.1. The van der Waals surface area contributed by atoms with E-state index in [0.29, 0.717) is 12.3 Å². The van der Waals surface area contributed by atoms with Crippen LogP contribution < -0.4 is 0 Å². The molecule has 0 saturated heterocycles. The number of carbonyl (C=O) groups is 2. The zero-order valence-electron chi connectivity index (χ0n) is 19.2. The van der Waals surface area contributed by atoms with E-state index in [-0.39, 0.29) is 17.2 Å². The smallest absolute Gasteiger partial charge is 0.312 e. The van der Waals surface area contributed by atoms with Crippen molar-refractivity contribution >= 4 is 11.8 Å². The molecular formula is C24H42O3. The third-order valence-electron chi connectivity index (χ3n) is 6.33. The van der Waals surface area contributed by atoms with E-state index in [9.17, 15) is 9.59 Å². The Balaban J connectivity index is 2.89. The first-order valence-corrected chi connectivity index (χ1v) is 10.6. The van der Waals surface area contributed by atoms with Crippen LogP contribution in [0.1, 0.15) is 101 Å². The van der Waals surface area contributed by atoms with Crippen LogP contribution in [0.3, 0.4) is 0 Å². The fourth-order valence-corrected chi connectivity index (χ4v) is 3.94. The molecule has 156 valence electrons. The van der Waals surface area contributed by atoms with Crippen LogP contribution >= 0.6 is 0 Å². The minimum atomic E-state index is -0.852. The van der Waals surface area contributed by atoms with Gasteiger partial charge in [-0.1, -0.05) is 53.0 Å². The molecule has 0 heterocycles. The lowest BCUT2D eigenvalue weighted by atomic mass is 9.73. The number of hydrogen-bond donors (Lipinski definition) is 0. The summed E-state index contributed by atoms with van der Waals surface area (Å²) < 4.78 is 6.02. The van der Waals surface area contributed by atoms with Gasteiger partial charge in [-0.3, -0.25) is 9.59 Å². The highest BCUT2D eigenvalue weighted by Crippen LogP contribution is 2.39. The molecule has 0 amide bonds. The number of Topliss-reactive ketones (excluding diaryl/α,β-unsaturated/α-hetero) is 1. The summed E-state index contributed by atoms with van der Waals surface area (Å²) in [5, 5.41) is 0. The molecule has 0 aliphatic heterocycles. The molecule has 1 aliphatic carbocycles. The van der Waals surface area contributed by atoms with Crippen LogP contribution in [0, 0.1) is 22.7 Å². The minimum Gasteiger partial charge on any atom is -0.459 e. The van der Waals surface area contributed by atoms with E-state index in [1.165, 1.54) is 19.3 Å². The number of carbonyl (C=O) groups excluding carboxylic acids is 2. The molecule has 27 heavy (non-hydrogen) atoms. The summed E-state index contributed by atoms with van der Waals surface area (Å²) in [5.74, 6) is -0.209. The lowest BCUT2D eigenvalue weighted by Crippen LogP contribution is -2.45. The molecular weight excluding hydrogens is 336 g/mol. The molecule has 1 rings (SSSR count). The second kappa shape index (κ2) is 8.92. The van der Waals surface area contributed by atoms with Crippen molar-refractivity contribution in [2.75, 3.05) is 0 Å². The Kier molecular flexibility index (Phi) is 7.90. The van der Waals surface area contributed by atoms with Gasteiger partial charge in [0, 0.05) is 5.92 Å². The van der Waals surface area contributed by atoms with E-state index in [1.54, 1.807) is 0 Å². The normalized spacial score (nSPS) is 18.9. The summed E-state index contributed by atoms with van der Waals surface area (Å²) in [6.07, 6.45) is 8.54. The molecule has 0 radical (unpaired) electrons. The highest BCUT2D eigenvalue weighted by atomic mass is 16.6. The molecule has 0 aromatic heterocycles. The molecule has 0 bridgehead atoms. The van der Waals surface area contributed by atoms with E-state index in [0.717, 1.165) is 18.4 Å². The summed E-state index contributed by atoms with van der Waals surface area (Å²) in [7, 11) is 0. The number of hydrogen-bond acceptors (Lipinski definition) is 3. The third-order valence-corrected chi connectivity index (χ3v) is 6.33. The van der Waals surface area contributed by atoms with Crippen molar-refractivity contribution < 1.29 is 14.3 Å². The molecule has 0 aromatic carbocycles. The van der Waals surface area contributed by atoms with E-state index < -0.39 is 16.9 Å². The zero-order valence-corrected chi connectivity index (χ0v) is 19.2. The average Bonchev–Trinajstić information content (AvgIpc) is 2.57. The van der Waals surface area contributed by atoms with Crippen molar-refractivity contribution in [2.24, 2.45) is 22.7 Å². The van der Waals surface area contributed by atoms with Gasteiger partial charge in [0.1, 0.15) is 5.60 Å². The maximum absolute atomic E-state index is 13.1. The summed E-state index contributed by atoms with van der Waals surface area (Å²) >= 11 is 0. The number of allylic oxidation sites excluding steroid dienone is 2. The summed E-state index contributed by atoms with van der Waals surface area (Å²) in [6, 6.07) is 0. The van der Waals surface area contributed by atoms with Gasteiger partial charge in [-0.05, 0) is 70.8 Å². The summed E-state index contributed by atoms with van der Waals surface area (Å²) in [4.78, 5) is 26.2. The van der Waals surface area contributed by atoms with Crippen molar-refractivity contribution in [1.29, 1.82) is 0 Å². The molecule has 3 heteroatoms. The van der Waals surface area contributed by atoms with Crippen molar-refractivity contribution in [3.8, 4) is 0 Å². The van der Waals surface area contributed by atoms with Gasteiger partial charge >= 0.3 is 5.97 Å². The fraction of sp³-hybridized carbons (Fsp3) is 0.833. The van der Waals surface area contributed by atoms with E-state index in [2.05, 4.69) is 20.8 Å². The molecule has 3 nitrogen and oxygen atoms in total. The number of rotatable bonds is 7. The molecule has 1 atom stereocenters. The number of ether oxygens (including phenoxy) is 1. The van der Waals surface area contributed by atoms with Gasteiger partial charge in [0.15, 0.2) is 5.78 Å². The zero-order chi connectivity index (χ0) is 21.0. The minimum absolute atomic E-state index is 0.0326. The molecule has 1 saturated carbocycles. The first kappa shape index (κ1) is 23.9. The van der Waals surface area contributed by atoms with E-state index >= 15 is 0 Å². The molecule has 1 fully saturated rings. The quantitative estimate of drug-likeness (QED) is 0.375. The lowest BCUT2D eigenvalue weighted by Gasteiger charge is -2.40. The van der Waals surface area contributed by atoms with Gasteiger partial charge in [0.2, 0.25) is 0 Å². The predicted octanol–water partition coefficient (Wildman–Crippen LogP) is 6.50. The van der Waals surface area contributed by atoms with E-state index in [1.807, 2.05) is 47.6 Å². The van der Waals surface area contributed by atoms with Crippen molar-refractivity contribution in [1.82, 2.24) is 0 Å². The van der Waals surface area contributed by atoms with Gasteiger partial charge in [-0.25, -0.2) is 0 Å². The van der Waals surface area contributed by atoms with Crippen LogP contribution in [0.2, 0.25) is 0 Å². The summed E-state index contributed by atoms with van der Waals surface area (Å²) in [6.45, 7) is 17.9. The maximum Gasteiger partial charge on any atom is 0.312 e. The topological polar surface area (TPSA) is 43.4 Å². The third kappa shape index (κ3) is 6.47. The Labute approximate surface area is 167 Å². The molecule has 0 N–H and O–H groups in total. The van der Waals surface area contributed by atoms with Crippen LogP contribution in [0.25, 0.3) is 0 Å². The Bertz CT molecular complexity index is 555. The standard InChI is InChI=1S/C24H42O3/c1-10-18(16-22(3,4)5)20(25)17(2)23(6,7)21(26)27-24(8,9)19-14-12-11-13-15-19/h10,17,19H,11-16H2,1-9H3/b18-10-. The Morgan fingerprint density at radius 1 is 1.00 bits per heavy atom. The predicted molar refractivity (Wildman–Crippen MR) is 113 cm³/mol. The Morgan fingerprint density at radius 2 is 1.52 bits per heavy atom. The van der Waals surface area contributed by atoms with Crippen LogP contribution in [0.4, 0.5) is 0 Å². The van der Waals surface area contributed by atoms with Gasteiger partial charge in [0.05, 0.1) is 5.41 Å². The highest BCUT2D eigenvalue weighted by molar-refractivity contribution is 6.00. The second-order valence-electron chi connectivity index (χ2n) is 10.7. The fourth-order valence-electron chi connectivity index (χ4n) is 3.94. The van der Waals surface area contributed by atoms with Gasteiger partial charge in [-0.15, -0.1) is 0 Å². The largest absolute Gasteiger partial charge is 0.459 e. The Hall–Kier alpha value is -1.12. The molecule has 1 unspecified atom stereocenters. The van der Waals surface area contributed by atoms with E-state index in [4.69, 9.17) is 4.74 Å². The van der Waals surface area contributed by atoms with Crippen LogP contribution in [-0.2, 0) is 14.3 Å². The molecule has 0 aromatic rings. The van der Waals surface area contributed by atoms with Gasteiger partial charge in [0.25, 0.3) is 0 Å². The first-order chi connectivity index (χ1) is 12.2. The van der Waals surface area contributed by atoms with Crippen LogP contribution in [0.15, 0.2) is 11.6 Å². The molecule has 0 spiro atoms. The number of ketones is 1. The SMILES string of the molecule is C/C=C(/CC(C)(C)C)C(=O)C(C)C(C)(C)C(=O)OC(C)(C)C1CCCCC1. The van der Waals surface area contributed by atoms with Crippen LogP contribution in [0.5, 0.6) is 0 Å². The Morgan fingerprint density at radius 3 is 1.96 bits per heavy atom. The van der Waals surface area contributed by atoms with Crippen molar-refractivity contribution in [2.45, 2.75) is 106 Å². The number of esters is 1. The summed E-state index contributed by atoms with van der Waals surface area (Å²) in [5.41, 5.74) is -0.491. The van der Waals surface area contributed by atoms with Crippen LogP contribution in [-0.4, -0.2) is 17.4 Å². The molecule has 1 aliphatic rings. The lowest BCUT2D eigenvalue weighted by molar-refractivity contribution is -0.177. The first-order valence-electron chi connectivity index (χ1n) is 10.6. The second-order valence-corrected chi connectivity index (χ2v) is 10.7. The van der Waals surface area contributed by atoms with Gasteiger partial charge in [-0.2, -0.15) is 0 Å². The monoisotopic (exact) mass is 378 g/mol.